The average Bonchev–Trinajstić information content (AvgIpc) is 1.88. The molecule has 0 aliphatic carbocycles. The van der Waals surface area contributed by atoms with Gasteiger partial charge >= 0.3 is 0 Å². The van der Waals surface area contributed by atoms with Crippen LogP contribution in [0.4, 0.5) is 0 Å². The summed E-state index contributed by atoms with van der Waals surface area (Å²) in [5.74, 6) is 0. The summed E-state index contributed by atoms with van der Waals surface area (Å²) >= 11 is 0. The van der Waals surface area contributed by atoms with Gasteiger partial charge in [0, 0.05) is 13.2 Å². The SMILES string of the molecule is CCCC(CN)OCC. The molecule has 2 heteroatoms. The summed E-state index contributed by atoms with van der Waals surface area (Å²) in [6.07, 6.45) is 2.53. The summed E-state index contributed by atoms with van der Waals surface area (Å²) in [5, 5.41) is 0. The fourth-order valence-electron chi connectivity index (χ4n) is 0.827. The van der Waals surface area contributed by atoms with Crippen LogP contribution in [-0.2, 0) is 4.74 Å². The van der Waals surface area contributed by atoms with Crippen LogP contribution in [0.1, 0.15) is 26.7 Å². The maximum Gasteiger partial charge on any atom is 0.0697 e. The van der Waals surface area contributed by atoms with Crippen molar-refractivity contribution in [3.05, 3.63) is 0 Å². The van der Waals surface area contributed by atoms with Gasteiger partial charge in [0.15, 0.2) is 0 Å². The summed E-state index contributed by atoms with van der Waals surface area (Å²) in [4.78, 5) is 0. The Morgan fingerprint density at radius 3 is 2.44 bits per heavy atom. The van der Waals surface area contributed by atoms with Crippen molar-refractivity contribution < 1.29 is 4.74 Å². The lowest BCUT2D eigenvalue weighted by molar-refractivity contribution is 0.0625. The highest BCUT2D eigenvalue weighted by molar-refractivity contribution is 4.55. The van der Waals surface area contributed by atoms with Gasteiger partial charge in [0.25, 0.3) is 0 Å². The van der Waals surface area contributed by atoms with E-state index >= 15 is 0 Å². The van der Waals surface area contributed by atoms with Gasteiger partial charge in [0.1, 0.15) is 0 Å². The van der Waals surface area contributed by atoms with Crippen molar-refractivity contribution in [3.63, 3.8) is 0 Å². The Morgan fingerprint density at radius 2 is 2.11 bits per heavy atom. The average molecular weight is 131 g/mol. The van der Waals surface area contributed by atoms with Crippen molar-refractivity contribution in [2.24, 2.45) is 5.73 Å². The van der Waals surface area contributed by atoms with Gasteiger partial charge in [-0.05, 0) is 13.3 Å². The number of nitrogens with two attached hydrogens (primary N) is 1. The molecule has 0 fully saturated rings. The summed E-state index contributed by atoms with van der Waals surface area (Å²) in [5.41, 5.74) is 5.42. The third kappa shape index (κ3) is 4.43. The van der Waals surface area contributed by atoms with Crippen LogP contribution in [0.3, 0.4) is 0 Å². The van der Waals surface area contributed by atoms with E-state index in [0.717, 1.165) is 19.4 Å². The molecule has 56 valence electrons. The van der Waals surface area contributed by atoms with E-state index in [4.69, 9.17) is 10.5 Å². The fourth-order valence-corrected chi connectivity index (χ4v) is 0.827. The zero-order valence-corrected chi connectivity index (χ0v) is 6.39. The second kappa shape index (κ2) is 6.05. The first-order valence-electron chi connectivity index (χ1n) is 3.66. The van der Waals surface area contributed by atoms with Gasteiger partial charge in [-0.2, -0.15) is 0 Å². The molecule has 0 aromatic heterocycles. The maximum atomic E-state index is 5.42. The van der Waals surface area contributed by atoms with Gasteiger partial charge in [0.2, 0.25) is 0 Å². The molecule has 0 rings (SSSR count). The van der Waals surface area contributed by atoms with Crippen LogP contribution >= 0.6 is 0 Å². The standard InChI is InChI=1S/C7H17NO/c1-3-5-7(6-8)9-4-2/h7H,3-6,8H2,1-2H3. The minimum atomic E-state index is 0.292. The van der Waals surface area contributed by atoms with Gasteiger partial charge in [-0.15, -0.1) is 0 Å². The molecule has 0 aromatic carbocycles. The normalized spacial score (nSPS) is 13.7. The van der Waals surface area contributed by atoms with Crippen LogP contribution < -0.4 is 5.73 Å². The molecule has 0 aliphatic rings. The molecule has 0 bridgehead atoms. The molecule has 1 atom stereocenters. The molecule has 0 amide bonds. The van der Waals surface area contributed by atoms with Crippen LogP contribution in [0, 0.1) is 0 Å². The zero-order valence-electron chi connectivity index (χ0n) is 6.39. The van der Waals surface area contributed by atoms with E-state index in [1.165, 1.54) is 0 Å². The second-order valence-electron chi connectivity index (χ2n) is 2.10. The molecule has 2 N–H and O–H groups in total. The molecule has 0 aliphatic heterocycles. The highest BCUT2D eigenvalue weighted by Gasteiger charge is 2.01. The lowest BCUT2D eigenvalue weighted by Crippen LogP contribution is -2.23. The summed E-state index contributed by atoms with van der Waals surface area (Å²) in [7, 11) is 0. The molecule has 9 heavy (non-hydrogen) atoms. The highest BCUT2D eigenvalue weighted by atomic mass is 16.5. The fraction of sp³-hybridized carbons (Fsp3) is 1.00. The van der Waals surface area contributed by atoms with E-state index in [2.05, 4.69) is 6.92 Å². The van der Waals surface area contributed by atoms with Crippen LogP contribution in [0.5, 0.6) is 0 Å². The van der Waals surface area contributed by atoms with Crippen molar-refractivity contribution in [3.8, 4) is 0 Å². The molecule has 0 saturated carbocycles. The number of ether oxygens (including phenoxy) is 1. The lowest BCUT2D eigenvalue weighted by Gasteiger charge is -2.12. The minimum Gasteiger partial charge on any atom is -0.377 e. The smallest absolute Gasteiger partial charge is 0.0697 e. The summed E-state index contributed by atoms with van der Waals surface area (Å²) < 4.78 is 5.31. The number of rotatable bonds is 5. The Balaban J connectivity index is 3.18. The maximum absolute atomic E-state index is 5.42. The topological polar surface area (TPSA) is 35.2 Å². The van der Waals surface area contributed by atoms with Crippen molar-refractivity contribution in [1.29, 1.82) is 0 Å². The Kier molecular flexibility index (Phi) is 5.99. The van der Waals surface area contributed by atoms with Crippen molar-refractivity contribution >= 4 is 0 Å². The first-order chi connectivity index (χ1) is 4.35. The number of hydrogen-bond donors (Lipinski definition) is 1. The predicted molar refractivity (Wildman–Crippen MR) is 39.4 cm³/mol. The molecule has 0 saturated heterocycles. The lowest BCUT2D eigenvalue weighted by atomic mass is 10.2. The van der Waals surface area contributed by atoms with E-state index < -0.39 is 0 Å². The molecule has 0 spiro atoms. The van der Waals surface area contributed by atoms with Crippen molar-refractivity contribution in [2.45, 2.75) is 32.8 Å². The minimum absolute atomic E-state index is 0.292. The van der Waals surface area contributed by atoms with E-state index in [9.17, 15) is 0 Å². The first-order valence-corrected chi connectivity index (χ1v) is 3.66. The highest BCUT2D eigenvalue weighted by Crippen LogP contribution is 1.98. The third-order valence-electron chi connectivity index (χ3n) is 1.28. The van der Waals surface area contributed by atoms with Crippen molar-refractivity contribution in [1.82, 2.24) is 0 Å². The van der Waals surface area contributed by atoms with E-state index in [-0.39, 0.29) is 0 Å². The Morgan fingerprint density at radius 1 is 1.44 bits per heavy atom. The van der Waals surface area contributed by atoms with E-state index in [1.54, 1.807) is 0 Å². The third-order valence-corrected chi connectivity index (χ3v) is 1.28. The first kappa shape index (κ1) is 8.92. The van der Waals surface area contributed by atoms with Crippen LogP contribution in [-0.4, -0.2) is 19.3 Å². The molecule has 2 nitrogen and oxygen atoms in total. The Bertz CT molecular complexity index is 50.9. The second-order valence-corrected chi connectivity index (χ2v) is 2.10. The monoisotopic (exact) mass is 131 g/mol. The quantitative estimate of drug-likeness (QED) is 0.607. The van der Waals surface area contributed by atoms with E-state index in [0.29, 0.717) is 12.6 Å². The van der Waals surface area contributed by atoms with Crippen LogP contribution in [0.25, 0.3) is 0 Å². The molecule has 0 aromatic rings. The summed E-state index contributed by atoms with van der Waals surface area (Å²) in [6, 6.07) is 0. The predicted octanol–water partition coefficient (Wildman–Crippen LogP) is 1.15. The largest absolute Gasteiger partial charge is 0.377 e. The van der Waals surface area contributed by atoms with Gasteiger partial charge in [-0.1, -0.05) is 13.3 Å². The molecular formula is C7H17NO. The molecule has 0 heterocycles. The van der Waals surface area contributed by atoms with Crippen LogP contribution in [0.15, 0.2) is 0 Å². The van der Waals surface area contributed by atoms with Crippen LogP contribution in [0.2, 0.25) is 0 Å². The zero-order chi connectivity index (χ0) is 7.11. The van der Waals surface area contributed by atoms with Gasteiger partial charge < -0.3 is 10.5 Å². The molecule has 0 radical (unpaired) electrons. The van der Waals surface area contributed by atoms with Gasteiger partial charge in [-0.25, -0.2) is 0 Å². The van der Waals surface area contributed by atoms with Crippen molar-refractivity contribution in [2.75, 3.05) is 13.2 Å². The molecule has 1 unspecified atom stereocenters. The van der Waals surface area contributed by atoms with Gasteiger partial charge in [0.05, 0.1) is 6.10 Å². The van der Waals surface area contributed by atoms with Gasteiger partial charge in [-0.3, -0.25) is 0 Å². The Labute approximate surface area is 57.4 Å². The summed E-state index contributed by atoms with van der Waals surface area (Å²) in [6.45, 7) is 5.57. The Hall–Kier alpha value is -0.0800. The number of hydrogen-bond acceptors (Lipinski definition) is 2. The molecular weight excluding hydrogens is 114 g/mol. The van der Waals surface area contributed by atoms with E-state index in [1.807, 2.05) is 6.92 Å².